The molecule has 1 aliphatic rings. The summed E-state index contributed by atoms with van der Waals surface area (Å²) in [6.07, 6.45) is 6.29. The molecule has 0 aromatic heterocycles. The Bertz CT molecular complexity index is 640. The number of rotatable bonds is 4. The van der Waals surface area contributed by atoms with Gasteiger partial charge in [0.2, 0.25) is 0 Å². The standard InChI is InChI=1S/C20H22O2/c1-15(16-8-4-2-5-9-16)19-13-12-18(14-20(19)21)22-17-10-6-3-7-11-17/h2,4-5,8-9,12-14,17,21H,1,3,6-7,10-11H2. The van der Waals surface area contributed by atoms with Crippen molar-refractivity contribution in [3.05, 3.63) is 66.2 Å². The minimum Gasteiger partial charge on any atom is -0.507 e. The van der Waals surface area contributed by atoms with Crippen LogP contribution in [0, 0.1) is 0 Å². The molecule has 0 unspecified atom stereocenters. The molecule has 0 heterocycles. The van der Waals surface area contributed by atoms with E-state index < -0.39 is 0 Å². The van der Waals surface area contributed by atoms with Crippen LogP contribution >= 0.6 is 0 Å². The van der Waals surface area contributed by atoms with Gasteiger partial charge in [0.15, 0.2) is 0 Å². The molecule has 114 valence electrons. The Kier molecular flexibility index (Phi) is 4.47. The zero-order valence-electron chi connectivity index (χ0n) is 12.8. The van der Waals surface area contributed by atoms with Crippen molar-refractivity contribution in [3.8, 4) is 11.5 Å². The van der Waals surface area contributed by atoms with Gasteiger partial charge in [0.1, 0.15) is 11.5 Å². The van der Waals surface area contributed by atoms with E-state index in [1.165, 1.54) is 19.3 Å². The highest BCUT2D eigenvalue weighted by molar-refractivity contribution is 5.81. The molecule has 0 saturated heterocycles. The molecular weight excluding hydrogens is 272 g/mol. The number of phenolic OH excluding ortho intramolecular Hbond substituents is 1. The Labute approximate surface area is 132 Å². The maximum absolute atomic E-state index is 10.3. The van der Waals surface area contributed by atoms with Crippen molar-refractivity contribution in [2.24, 2.45) is 0 Å². The second kappa shape index (κ2) is 6.69. The number of aromatic hydroxyl groups is 1. The van der Waals surface area contributed by atoms with Gasteiger partial charge in [0, 0.05) is 11.6 Å². The second-order valence-electron chi connectivity index (χ2n) is 5.90. The number of ether oxygens (including phenoxy) is 1. The fraction of sp³-hybridized carbons (Fsp3) is 0.300. The molecule has 0 bridgehead atoms. The van der Waals surface area contributed by atoms with Crippen molar-refractivity contribution in [2.75, 3.05) is 0 Å². The number of benzene rings is 2. The van der Waals surface area contributed by atoms with Gasteiger partial charge in [-0.15, -0.1) is 0 Å². The molecule has 1 saturated carbocycles. The van der Waals surface area contributed by atoms with Crippen LogP contribution in [0.1, 0.15) is 43.2 Å². The molecule has 0 radical (unpaired) electrons. The molecule has 2 aromatic rings. The van der Waals surface area contributed by atoms with Crippen LogP contribution in [0.15, 0.2) is 55.1 Å². The highest BCUT2D eigenvalue weighted by atomic mass is 16.5. The van der Waals surface area contributed by atoms with Gasteiger partial charge in [-0.25, -0.2) is 0 Å². The fourth-order valence-corrected chi connectivity index (χ4v) is 3.01. The van der Waals surface area contributed by atoms with E-state index in [-0.39, 0.29) is 11.9 Å². The summed E-state index contributed by atoms with van der Waals surface area (Å²) in [5.74, 6) is 0.969. The normalized spacial score (nSPS) is 15.5. The quantitative estimate of drug-likeness (QED) is 0.843. The molecule has 0 atom stereocenters. The molecule has 3 rings (SSSR count). The average Bonchev–Trinajstić information content (AvgIpc) is 2.56. The summed E-state index contributed by atoms with van der Waals surface area (Å²) in [7, 11) is 0. The second-order valence-corrected chi connectivity index (χ2v) is 5.90. The first-order valence-corrected chi connectivity index (χ1v) is 7.98. The summed E-state index contributed by atoms with van der Waals surface area (Å²) in [4.78, 5) is 0. The van der Waals surface area contributed by atoms with E-state index >= 15 is 0 Å². The van der Waals surface area contributed by atoms with Crippen molar-refractivity contribution >= 4 is 5.57 Å². The monoisotopic (exact) mass is 294 g/mol. The zero-order chi connectivity index (χ0) is 15.4. The van der Waals surface area contributed by atoms with Gasteiger partial charge in [-0.3, -0.25) is 0 Å². The first-order chi connectivity index (χ1) is 10.7. The Balaban J connectivity index is 1.76. The van der Waals surface area contributed by atoms with E-state index in [1.54, 1.807) is 6.07 Å². The van der Waals surface area contributed by atoms with Gasteiger partial charge < -0.3 is 9.84 Å². The third kappa shape index (κ3) is 3.33. The Morgan fingerprint density at radius 1 is 1.00 bits per heavy atom. The van der Waals surface area contributed by atoms with Gasteiger partial charge in [-0.05, 0) is 49.0 Å². The van der Waals surface area contributed by atoms with Crippen LogP contribution < -0.4 is 4.74 Å². The highest BCUT2D eigenvalue weighted by Crippen LogP contribution is 2.33. The Hall–Kier alpha value is -2.22. The summed E-state index contributed by atoms with van der Waals surface area (Å²) < 4.78 is 5.99. The zero-order valence-corrected chi connectivity index (χ0v) is 12.8. The van der Waals surface area contributed by atoms with Crippen LogP contribution in [0.4, 0.5) is 0 Å². The predicted molar refractivity (Wildman–Crippen MR) is 90.2 cm³/mol. The summed E-state index contributed by atoms with van der Waals surface area (Å²) in [5.41, 5.74) is 2.59. The van der Waals surface area contributed by atoms with Crippen molar-refractivity contribution in [3.63, 3.8) is 0 Å². The molecule has 1 fully saturated rings. The smallest absolute Gasteiger partial charge is 0.127 e. The number of hydrogen-bond acceptors (Lipinski definition) is 2. The lowest BCUT2D eigenvalue weighted by atomic mass is 9.97. The highest BCUT2D eigenvalue weighted by Gasteiger charge is 2.16. The number of hydrogen-bond donors (Lipinski definition) is 1. The SMILES string of the molecule is C=C(c1ccccc1)c1ccc(OC2CCCCC2)cc1O. The van der Waals surface area contributed by atoms with Gasteiger partial charge >= 0.3 is 0 Å². The molecule has 2 nitrogen and oxygen atoms in total. The van der Waals surface area contributed by atoms with E-state index in [4.69, 9.17) is 4.74 Å². The van der Waals surface area contributed by atoms with E-state index in [9.17, 15) is 5.11 Å². The largest absolute Gasteiger partial charge is 0.507 e. The maximum Gasteiger partial charge on any atom is 0.127 e. The Morgan fingerprint density at radius 2 is 1.73 bits per heavy atom. The molecule has 0 amide bonds. The topological polar surface area (TPSA) is 29.5 Å². The predicted octanol–water partition coefficient (Wildman–Crippen LogP) is 5.17. The van der Waals surface area contributed by atoms with E-state index in [0.29, 0.717) is 0 Å². The molecule has 1 aliphatic carbocycles. The van der Waals surface area contributed by atoms with E-state index in [2.05, 4.69) is 6.58 Å². The molecule has 0 spiro atoms. The molecule has 0 aliphatic heterocycles. The van der Waals surface area contributed by atoms with Crippen LogP contribution in [0.5, 0.6) is 11.5 Å². The van der Waals surface area contributed by atoms with Crippen LogP contribution in [0.25, 0.3) is 5.57 Å². The Morgan fingerprint density at radius 3 is 2.41 bits per heavy atom. The lowest BCUT2D eigenvalue weighted by Gasteiger charge is -2.23. The first kappa shape index (κ1) is 14.7. The minimum absolute atomic E-state index is 0.224. The van der Waals surface area contributed by atoms with Crippen LogP contribution in [-0.4, -0.2) is 11.2 Å². The summed E-state index contributed by atoms with van der Waals surface area (Å²) >= 11 is 0. The maximum atomic E-state index is 10.3. The molecular formula is C20H22O2. The van der Waals surface area contributed by atoms with Gasteiger partial charge in [0.25, 0.3) is 0 Å². The van der Waals surface area contributed by atoms with Crippen LogP contribution in [0.3, 0.4) is 0 Å². The van der Waals surface area contributed by atoms with E-state index in [1.807, 2.05) is 42.5 Å². The van der Waals surface area contributed by atoms with Gasteiger partial charge in [-0.1, -0.05) is 43.3 Å². The lowest BCUT2D eigenvalue weighted by Crippen LogP contribution is -2.19. The minimum atomic E-state index is 0.224. The molecule has 2 aromatic carbocycles. The summed E-state index contributed by atoms with van der Waals surface area (Å²) in [6.45, 7) is 4.10. The van der Waals surface area contributed by atoms with Crippen LogP contribution in [-0.2, 0) is 0 Å². The fourth-order valence-electron chi connectivity index (χ4n) is 3.01. The van der Waals surface area contributed by atoms with Crippen LogP contribution in [0.2, 0.25) is 0 Å². The van der Waals surface area contributed by atoms with Crippen molar-refractivity contribution in [2.45, 2.75) is 38.2 Å². The van der Waals surface area contributed by atoms with Gasteiger partial charge in [-0.2, -0.15) is 0 Å². The number of phenols is 1. The van der Waals surface area contributed by atoms with Crippen molar-refractivity contribution in [1.29, 1.82) is 0 Å². The molecule has 22 heavy (non-hydrogen) atoms. The van der Waals surface area contributed by atoms with Crippen molar-refractivity contribution in [1.82, 2.24) is 0 Å². The third-order valence-corrected chi connectivity index (χ3v) is 4.27. The molecule has 2 heteroatoms. The molecule has 1 N–H and O–H groups in total. The first-order valence-electron chi connectivity index (χ1n) is 7.98. The summed E-state index contributed by atoms with van der Waals surface area (Å²) in [6, 6.07) is 15.4. The lowest BCUT2D eigenvalue weighted by molar-refractivity contribution is 0.154. The average molecular weight is 294 g/mol. The van der Waals surface area contributed by atoms with Crippen molar-refractivity contribution < 1.29 is 9.84 Å². The third-order valence-electron chi connectivity index (χ3n) is 4.27. The van der Waals surface area contributed by atoms with E-state index in [0.717, 1.165) is 35.3 Å². The summed E-state index contributed by atoms with van der Waals surface area (Å²) in [5, 5.41) is 10.3. The van der Waals surface area contributed by atoms with Gasteiger partial charge in [0.05, 0.1) is 6.10 Å².